The quantitative estimate of drug-likeness (QED) is 0.524. The van der Waals surface area contributed by atoms with E-state index in [1.165, 1.54) is 0 Å². The third-order valence-corrected chi connectivity index (χ3v) is 2.26. The SMILES string of the molecule is Nc1cnc(CBr)c(C(F)F)c1[N+](=O)[O-]. The molecule has 0 saturated heterocycles. The molecule has 5 nitrogen and oxygen atoms in total. The van der Waals surface area contributed by atoms with Crippen LogP contribution in [0.3, 0.4) is 0 Å². The van der Waals surface area contributed by atoms with Crippen LogP contribution in [0.5, 0.6) is 0 Å². The zero-order valence-corrected chi connectivity index (χ0v) is 8.87. The number of hydrogen-bond acceptors (Lipinski definition) is 4. The number of pyridine rings is 1. The predicted molar refractivity (Wildman–Crippen MR) is 52.9 cm³/mol. The lowest BCUT2D eigenvalue weighted by Gasteiger charge is -2.07. The van der Waals surface area contributed by atoms with Crippen molar-refractivity contribution in [3.8, 4) is 0 Å². The largest absolute Gasteiger partial charge is 0.392 e. The van der Waals surface area contributed by atoms with E-state index >= 15 is 0 Å². The van der Waals surface area contributed by atoms with Crippen LogP contribution in [-0.2, 0) is 5.33 Å². The van der Waals surface area contributed by atoms with Crippen LogP contribution in [0.1, 0.15) is 17.7 Å². The van der Waals surface area contributed by atoms with Gasteiger partial charge in [0, 0.05) is 5.33 Å². The average Bonchev–Trinajstić information content (AvgIpc) is 2.16. The highest BCUT2D eigenvalue weighted by atomic mass is 79.9. The average molecular weight is 282 g/mol. The van der Waals surface area contributed by atoms with Crippen LogP contribution < -0.4 is 5.73 Å². The summed E-state index contributed by atoms with van der Waals surface area (Å²) >= 11 is 2.93. The number of anilines is 1. The molecule has 1 aromatic rings. The molecular weight excluding hydrogens is 276 g/mol. The van der Waals surface area contributed by atoms with E-state index in [0.29, 0.717) is 0 Å². The first-order valence-corrected chi connectivity index (χ1v) is 4.87. The second kappa shape index (κ2) is 4.47. The van der Waals surface area contributed by atoms with Crippen LogP contribution in [0, 0.1) is 10.1 Å². The van der Waals surface area contributed by atoms with Crippen LogP contribution in [0.15, 0.2) is 6.20 Å². The van der Waals surface area contributed by atoms with E-state index in [0.717, 1.165) is 6.20 Å². The van der Waals surface area contributed by atoms with Crippen LogP contribution in [0.4, 0.5) is 20.2 Å². The maximum Gasteiger partial charge on any atom is 0.304 e. The van der Waals surface area contributed by atoms with Crippen LogP contribution in [0.2, 0.25) is 0 Å². The zero-order valence-electron chi connectivity index (χ0n) is 7.28. The molecular formula is C7H6BrF2N3O2. The molecule has 0 amide bonds. The Balaban J connectivity index is 3.51. The molecule has 0 radical (unpaired) electrons. The second-order valence-electron chi connectivity index (χ2n) is 2.61. The van der Waals surface area contributed by atoms with Gasteiger partial charge in [-0.25, -0.2) is 8.78 Å². The zero-order chi connectivity index (χ0) is 11.6. The van der Waals surface area contributed by atoms with Gasteiger partial charge in [-0.1, -0.05) is 15.9 Å². The van der Waals surface area contributed by atoms with E-state index in [-0.39, 0.29) is 16.7 Å². The first kappa shape index (κ1) is 11.8. The minimum Gasteiger partial charge on any atom is -0.392 e. The molecule has 0 unspecified atom stereocenters. The second-order valence-corrected chi connectivity index (χ2v) is 3.17. The number of nitrogens with two attached hydrogens (primary N) is 1. The van der Waals surface area contributed by atoms with Crippen molar-refractivity contribution in [1.82, 2.24) is 4.98 Å². The van der Waals surface area contributed by atoms with Gasteiger partial charge in [-0.3, -0.25) is 15.1 Å². The number of rotatable bonds is 3. The van der Waals surface area contributed by atoms with Crippen molar-refractivity contribution in [3.63, 3.8) is 0 Å². The minimum atomic E-state index is -2.98. The first-order chi connectivity index (χ1) is 6.99. The maximum absolute atomic E-state index is 12.6. The van der Waals surface area contributed by atoms with E-state index in [1.54, 1.807) is 0 Å². The summed E-state index contributed by atoms with van der Waals surface area (Å²) in [6.07, 6.45) is -1.98. The van der Waals surface area contributed by atoms with Crippen LogP contribution in [0.25, 0.3) is 0 Å². The van der Waals surface area contributed by atoms with Crippen molar-refractivity contribution >= 4 is 27.3 Å². The molecule has 0 spiro atoms. The molecule has 0 aliphatic carbocycles. The molecule has 0 aromatic carbocycles. The van der Waals surface area contributed by atoms with Gasteiger partial charge in [0.05, 0.1) is 16.8 Å². The highest BCUT2D eigenvalue weighted by Crippen LogP contribution is 2.35. The van der Waals surface area contributed by atoms with Gasteiger partial charge < -0.3 is 5.73 Å². The Hall–Kier alpha value is -1.31. The molecule has 0 aliphatic heterocycles. The van der Waals surface area contributed by atoms with Crippen LogP contribution in [-0.4, -0.2) is 9.91 Å². The molecule has 0 aliphatic rings. The van der Waals surface area contributed by atoms with E-state index in [4.69, 9.17) is 5.73 Å². The molecule has 82 valence electrons. The number of nitrogens with zero attached hydrogens (tertiary/aromatic N) is 2. The van der Waals surface area contributed by atoms with Gasteiger partial charge in [0.2, 0.25) is 0 Å². The summed E-state index contributed by atoms with van der Waals surface area (Å²) < 4.78 is 25.2. The van der Waals surface area contributed by atoms with Crippen molar-refractivity contribution < 1.29 is 13.7 Å². The Bertz CT molecular complexity index is 400. The minimum absolute atomic E-state index is 0.00773. The third-order valence-electron chi connectivity index (χ3n) is 1.73. The van der Waals surface area contributed by atoms with E-state index in [1.807, 2.05) is 0 Å². The Morgan fingerprint density at radius 1 is 1.67 bits per heavy atom. The number of nitrogen functional groups attached to an aromatic ring is 1. The summed E-state index contributed by atoms with van der Waals surface area (Å²) in [5, 5.41) is 10.6. The fourth-order valence-corrected chi connectivity index (χ4v) is 1.56. The molecule has 0 fully saturated rings. The molecule has 1 rings (SSSR count). The standard InChI is InChI=1S/C7H6BrF2N3O2/c8-1-4-5(7(9)10)6(13(14)15)3(11)2-12-4/h2,7H,1,11H2. The van der Waals surface area contributed by atoms with Crippen molar-refractivity contribution in [1.29, 1.82) is 0 Å². The predicted octanol–water partition coefficient (Wildman–Crippen LogP) is 2.40. The molecule has 15 heavy (non-hydrogen) atoms. The third kappa shape index (κ3) is 2.20. The summed E-state index contributed by atoms with van der Waals surface area (Å²) in [7, 11) is 0. The van der Waals surface area contributed by atoms with E-state index in [9.17, 15) is 18.9 Å². The van der Waals surface area contributed by atoms with E-state index < -0.39 is 22.6 Å². The monoisotopic (exact) mass is 281 g/mol. The summed E-state index contributed by atoms with van der Waals surface area (Å²) in [6, 6.07) is 0. The van der Waals surface area contributed by atoms with Gasteiger partial charge in [-0.15, -0.1) is 0 Å². The Morgan fingerprint density at radius 2 is 2.27 bits per heavy atom. The summed E-state index contributed by atoms with van der Waals surface area (Å²) in [4.78, 5) is 13.2. The number of aromatic nitrogens is 1. The molecule has 1 heterocycles. The molecule has 0 bridgehead atoms. The lowest BCUT2D eigenvalue weighted by molar-refractivity contribution is -0.385. The molecule has 8 heteroatoms. The smallest absolute Gasteiger partial charge is 0.304 e. The Labute approximate surface area is 91.6 Å². The fourth-order valence-electron chi connectivity index (χ4n) is 1.11. The van der Waals surface area contributed by atoms with Gasteiger partial charge in [-0.2, -0.15) is 0 Å². The van der Waals surface area contributed by atoms with Crippen molar-refractivity contribution in [2.75, 3.05) is 5.73 Å². The summed E-state index contributed by atoms with van der Waals surface area (Å²) in [5.74, 6) is 0. The molecule has 1 aromatic heterocycles. The van der Waals surface area contributed by atoms with Crippen LogP contribution >= 0.6 is 15.9 Å². The lowest BCUT2D eigenvalue weighted by Crippen LogP contribution is -2.06. The van der Waals surface area contributed by atoms with Gasteiger partial charge in [-0.05, 0) is 0 Å². The van der Waals surface area contributed by atoms with Gasteiger partial charge >= 0.3 is 5.69 Å². The Kier molecular flexibility index (Phi) is 3.51. The topological polar surface area (TPSA) is 82.0 Å². The first-order valence-electron chi connectivity index (χ1n) is 3.74. The fraction of sp³-hybridized carbons (Fsp3) is 0.286. The number of halogens is 3. The summed E-state index contributed by atoms with van der Waals surface area (Å²) in [6.45, 7) is 0. The molecule has 0 saturated carbocycles. The van der Waals surface area contributed by atoms with Gasteiger partial charge in [0.1, 0.15) is 11.3 Å². The van der Waals surface area contributed by atoms with Crippen molar-refractivity contribution in [2.45, 2.75) is 11.8 Å². The number of hydrogen-bond donors (Lipinski definition) is 1. The highest BCUT2D eigenvalue weighted by molar-refractivity contribution is 9.08. The number of alkyl halides is 3. The summed E-state index contributed by atoms with van der Waals surface area (Å²) in [5.41, 5.74) is 3.30. The highest BCUT2D eigenvalue weighted by Gasteiger charge is 2.28. The normalized spacial score (nSPS) is 10.7. The van der Waals surface area contributed by atoms with Crippen molar-refractivity contribution in [3.05, 3.63) is 27.6 Å². The lowest BCUT2D eigenvalue weighted by atomic mass is 10.1. The van der Waals surface area contributed by atoms with Gasteiger partial charge in [0.15, 0.2) is 0 Å². The van der Waals surface area contributed by atoms with Gasteiger partial charge in [0.25, 0.3) is 6.43 Å². The number of nitro groups is 1. The molecule has 0 atom stereocenters. The Morgan fingerprint density at radius 3 is 2.67 bits per heavy atom. The molecule has 2 N–H and O–H groups in total. The van der Waals surface area contributed by atoms with E-state index in [2.05, 4.69) is 20.9 Å². The van der Waals surface area contributed by atoms with Crippen molar-refractivity contribution in [2.24, 2.45) is 0 Å². The maximum atomic E-state index is 12.6.